The van der Waals surface area contributed by atoms with Gasteiger partial charge in [0.2, 0.25) is 5.91 Å². The Bertz CT molecular complexity index is 1540. The number of amides is 2. The van der Waals surface area contributed by atoms with Crippen molar-refractivity contribution in [1.29, 1.82) is 0 Å². The number of carbonyl (C=O) groups excluding carboxylic acids is 2. The SMILES string of the molecule is CC1CCC(NC(=O)c2cc3[nH]c(Cc4c(Cl)c(F)cc(CNC(=O)C(C)(C)C)c4Cl)nc3nc2N2CCC(F)CC2)CC1. The molecule has 0 radical (unpaired) electrons. The average molecular weight is 650 g/mol. The molecule has 3 N–H and O–H groups in total. The summed E-state index contributed by atoms with van der Waals surface area (Å²) in [7, 11) is 0. The van der Waals surface area contributed by atoms with E-state index in [1.807, 2.05) is 4.90 Å². The molecule has 2 aliphatic rings. The second-order valence-corrected chi connectivity index (χ2v) is 14.0. The summed E-state index contributed by atoms with van der Waals surface area (Å²) >= 11 is 13.1. The van der Waals surface area contributed by atoms with Gasteiger partial charge in [-0.25, -0.2) is 18.7 Å². The monoisotopic (exact) mass is 648 g/mol. The third-order valence-corrected chi connectivity index (χ3v) is 9.49. The smallest absolute Gasteiger partial charge is 0.255 e. The Morgan fingerprint density at radius 2 is 1.73 bits per heavy atom. The molecule has 1 saturated carbocycles. The van der Waals surface area contributed by atoms with Crippen LogP contribution in [0.3, 0.4) is 0 Å². The lowest BCUT2D eigenvalue weighted by molar-refractivity contribution is -0.128. The van der Waals surface area contributed by atoms with Crippen molar-refractivity contribution in [2.75, 3.05) is 18.0 Å². The highest BCUT2D eigenvalue weighted by atomic mass is 35.5. The normalized spacial score (nSPS) is 19.8. The van der Waals surface area contributed by atoms with Crippen LogP contribution in [0.5, 0.6) is 0 Å². The highest BCUT2D eigenvalue weighted by Crippen LogP contribution is 2.34. The molecule has 2 fully saturated rings. The van der Waals surface area contributed by atoms with E-state index in [1.54, 1.807) is 26.8 Å². The lowest BCUT2D eigenvalue weighted by atomic mass is 9.87. The first-order valence-electron chi connectivity index (χ1n) is 15.3. The number of pyridine rings is 1. The van der Waals surface area contributed by atoms with Crippen molar-refractivity contribution >= 4 is 52.0 Å². The summed E-state index contributed by atoms with van der Waals surface area (Å²) in [4.78, 5) is 40.6. The lowest BCUT2D eigenvalue weighted by Crippen LogP contribution is -2.40. The van der Waals surface area contributed by atoms with Crippen LogP contribution in [0.1, 0.15) is 93.5 Å². The fourth-order valence-electron chi connectivity index (χ4n) is 5.81. The summed E-state index contributed by atoms with van der Waals surface area (Å²) in [6.07, 6.45) is 3.91. The fraction of sp³-hybridized carbons (Fsp3) is 0.562. The van der Waals surface area contributed by atoms with Crippen molar-refractivity contribution in [2.45, 2.75) is 91.4 Å². The van der Waals surface area contributed by atoms with Crippen LogP contribution in [0, 0.1) is 17.2 Å². The van der Waals surface area contributed by atoms with E-state index in [0.717, 1.165) is 25.7 Å². The van der Waals surface area contributed by atoms with Gasteiger partial charge in [-0.3, -0.25) is 9.59 Å². The van der Waals surface area contributed by atoms with Crippen molar-refractivity contribution in [3.05, 3.63) is 50.5 Å². The molecular weight excluding hydrogens is 609 g/mol. The van der Waals surface area contributed by atoms with E-state index in [4.69, 9.17) is 28.2 Å². The third kappa shape index (κ3) is 7.28. The molecule has 1 saturated heterocycles. The van der Waals surface area contributed by atoms with Gasteiger partial charge in [0, 0.05) is 43.1 Å². The zero-order chi connectivity index (χ0) is 31.8. The molecule has 2 amide bonds. The van der Waals surface area contributed by atoms with Crippen LogP contribution in [0.15, 0.2) is 12.1 Å². The maximum absolute atomic E-state index is 14.9. The quantitative estimate of drug-likeness (QED) is 0.242. The molecule has 8 nitrogen and oxygen atoms in total. The molecular formula is C32H40Cl2F2N6O2. The molecule has 0 atom stereocenters. The van der Waals surface area contributed by atoms with Gasteiger partial charge in [-0.1, -0.05) is 50.9 Å². The maximum atomic E-state index is 14.9. The number of fused-ring (bicyclic) bond motifs is 1. The lowest BCUT2D eigenvalue weighted by Gasteiger charge is -2.31. The van der Waals surface area contributed by atoms with Gasteiger partial charge >= 0.3 is 0 Å². The zero-order valence-electron chi connectivity index (χ0n) is 25.6. The summed E-state index contributed by atoms with van der Waals surface area (Å²) in [5.41, 5.74) is 1.41. The first-order chi connectivity index (χ1) is 20.8. The number of nitrogens with zero attached hydrogens (tertiary/aromatic N) is 3. The van der Waals surface area contributed by atoms with E-state index in [9.17, 15) is 18.4 Å². The Balaban J connectivity index is 1.45. The number of alkyl halides is 1. The van der Waals surface area contributed by atoms with E-state index in [0.29, 0.717) is 71.3 Å². The predicted molar refractivity (Wildman–Crippen MR) is 170 cm³/mol. The third-order valence-electron chi connectivity index (χ3n) is 8.61. The van der Waals surface area contributed by atoms with Gasteiger partial charge < -0.3 is 20.5 Å². The number of aromatic amines is 1. The van der Waals surface area contributed by atoms with Crippen molar-refractivity contribution < 1.29 is 18.4 Å². The first kappa shape index (κ1) is 32.4. The topological polar surface area (TPSA) is 103 Å². The fourth-order valence-corrected chi connectivity index (χ4v) is 6.35. The van der Waals surface area contributed by atoms with E-state index >= 15 is 0 Å². The number of hydrogen-bond donors (Lipinski definition) is 3. The Morgan fingerprint density at radius 3 is 2.39 bits per heavy atom. The second kappa shape index (κ2) is 13.2. The molecule has 238 valence electrons. The average Bonchev–Trinajstić information content (AvgIpc) is 3.38. The molecule has 2 aromatic heterocycles. The first-order valence-corrected chi connectivity index (χ1v) is 16.1. The number of carbonyl (C=O) groups is 2. The predicted octanol–water partition coefficient (Wildman–Crippen LogP) is 6.90. The number of imidazole rings is 1. The largest absolute Gasteiger partial charge is 0.356 e. The minimum absolute atomic E-state index is 0.0367. The molecule has 12 heteroatoms. The number of hydrogen-bond acceptors (Lipinski definition) is 5. The number of piperidine rings is 1. The van der Waals surface area contributed by atoms with Crippen LogP contribution in [0.4, 0.5) is 14.6 Å². The van der Waals surface area contributed by atoms with E-state index < -0.39 is 17.4 Å². The van der Waals surface area contributed by atoms with E-state index in [1.165, 1.54) is 6.07 Å². The summed E-state index contributed by atoms with van der Waals surface area (Å²) < 4.78 is 28.9. The molecule has 1 aliphatic heterocycles. The van der Waals surface area contributed by atoms with Crippen LogP contribution >= 0.6 is 23.2 Å². The van der Waals surface area contributed by atoms with Crippen molar-refractivity contribution in [2.24, 2.45) is 11.3 Å². The number of H-pyrrole nitrogens is 1. The van der Waals surface area contributed by atoms with Crippen LogP contribution < -0.4 is 15.5 Å². The standard InChI is InChI=1S/C32H40Cl2F2N6O2/c1-17-5-7-20(8-6-17)38-30(43)22-14-24-28(41-29(22)42-11-9-19(35)10-12-42)40-25(39-24)15-21-26(33)18(13-23(36)27(21)34)16-37-31(44)32(2,3)4/h13-14,17,19-20H,5-12,15-16H2,1-4H3,(H,37,44)(H,38,43)(H,39,40,41). The molecule has 44 heavy (non-hydrogen) atoms. The molecule has 0 unspecified atom stereocenters. The van der Waals surface area contributed by atoms with Gasteiger partial charge in [-0.2, -0.15) is 0 Å². The van der Waals surface area contributed by atoms with Crippen LogP contribution in [-0.4, -0.2) is 52.1 Å². The Labute approximate surface area is 266 Å². The Morgan fingerprint density at radius 1 is 1.05 bits per heavy atom. The number of benzene rings is 1. The molecule has 3 aromatic rings. The maximum Gasteiger partial charge on any atom is 0.255 e. The van der Waals surface area contributed by atoms with Crippen molar-refractivity contribution in [3.63, 3.8) is 0 Å². The highest BCUT2D eigenvalue weighted by molar-refractivity contribution is 6.36. The van der Waals surface area contributed by atoms with Crippen LogP contribution in [0.25, 0.3) is 11.2 Å². The van der Waals surface area contributed by atoms with E-state index in [2.05, 4.69) is 27.5 Å². The number of nitrogens with one attached hydrogen (secondary N) is 3. The zero-order valence-corrected chi connectivity index (χ0v) is 27.1. The molecule has 1 aromatic carbocycles. The summed E-state index contributed by atoms with van der Waals surface area (Å²) in [6, 6.07) is 3.05. The van der Waals surface area contributed by atoms with Crippen molar-refractivity contribution in [3.8, 4) is 0 Å². The minimum Gasteiger partial charge on any atom is -0.356 e. The number of anilines is 1. The summed E-state index contributed by atoms with van der Waals surface area (Å²) in [5.74, 6) is 0.487. The molecule has 0 spiro atoms. The van der Waals surface area contributed by atoms with Gasteiger partial charge in [0.05, 0.1) is 21.1 Å². The summed E-state index contributed by atoms with van der Waals surface area (Å²) in [5, 5.41) is 6.08. The number of aromatic nitrogens is 3. The minimum atomic E-state index is -0.874. The van der Waals surface area contributed by atoms with Crippen LogP contribution in [-0.2, 0) is 17.8 Å². The van der Waals surface area contributed by atoms with E-state index in [-0.39, 0.29) is 40.9 Å². The number of halogens is 4. The van der Waals surface area contributed by atoms with Gasteiger partial charge in [-0.05, 0) is 62.1 Å². The highest BCUT2D eigenvalue weighted by Gasteiger charge is 2.28. The van der Waals surface area contributed by atoms with Gasteiger partial charge in [0.15, 0.2) is 5.65 Å². The Hall–Kier alpha value is -2.98. The van der Waals surface area contributed by atoms with Crippen molar-refractivity contribution in [1.82, 2.24) is 25.6 Å². The van der Waals surface area contributed by atoms with Gasteiger partial charge in [0.25, 0.3) is 5.91 Å². The second-order valence-electron chi connectivity index (χ2n) is 13.2. The molecule has 3 heterocycles. The molecule has 0 bridgehead atoms. The summed E-state index contributed by atoms with van der Waals surface area (Å²) in [6.45, 7) is 8.51. The van der Waals surface area contributed by atoms with Gasteiger partial charge in [0.1, 0.15) is 23.6 Å². The number of rotatable bonds is 7. The van der Waals surface area contributed by atoms with Crippen LogP contribution in [0.2, 0.25) is 10.0 Å². The Kier molecular flexibility index (Phi) is 9.70. The van der Waals surface area contributed by atoms with Gasteiger partial charge in [-0.15, -0.1) is 0 Å². The molecule has 1 aliphatic carbocycles. The molecule has 5 rings (SSSR count).